The molecular weight excluding hydrogens is 620 g/mol. The molecule has 1 N–H and O–H groups in total. The van der Waals surface area contributed by atoms with Gasteiger partial charge in [-0.05, 0) is 67.3 Å². The van der Waals surface area contributed by atoms with Crippen LogP contribution in [0.4, 0.5) is 0 Å². The molecule has 48 heavy (non-hydrogen) atoms. The van der Waals surface area contributed by atoms with Crippen LogP contribution in [0.2, 0.25) is 0 Å². The third-order valence-electron chi connectivity index (χ3n) is 7.74. The number of carboxylic acid groups (broad SMARTS) is 1. The molecule has 0 saturated carbocycles. The highest BCUT2D eigenvalue weighted by Gasteiger charge is 2.20. The van der Waals surface area contributed by atoms with E-state index in [1.165, 1.54) is 24.3 Å². The molecule has 2 aliphatic rings. The van der Waals surface area contributed by atoms with Crippen molar-refractivity contribution in [2.45, 2.75) is 46.4 Å². The van der Waals surface area contributed by atoms with E-state index in [9.17, 15) is 19.2 Å². The van der Waals surface area contributed by atoms with Gasteiger partial charge in [-0.3, -0.25) is 9.59 Å². The second-order valence-corrected chi connectivity index (χ2v) is 11.2. The second kappa shape index (κ2) is 15.8. The number of nitrogens with zero attached hydrogens (tertiary/aromatic N) is 2. The number of rotatable bonds is 9. The standard InChI is InChI=1S/C19H21NO5.C17H17NO5/c1-3-23-18(22)7-5-14-11-17(21)20(12-19-24-8-9-25-19)16-10-13(2)4-6-15(14)16;1-11-2-4-13-12(3-5-16(20)21)9-15(19)18(14(13)8-11)10-17-22-6-7-23-17/h4-7,10-11,19H,3,8-9,12H2,1-2H3;2-5,8-9,17H,6-7,10H2,1H3,(H,20,21)/b7-5+;5-3+. The van der Waals surface area contributed by atoms with Crippen LogP contribution < -0.4 is 11.1 Å². The Morgan fingerprint density at radius 1 is 0.750 bits per heavy atom. The number of pyridine rings is 2. The number of carboxylic acids is 1. The van der Waals surface area contributed by atoms with Crippen LogP contribution in [-0.2, 0) is 46.4 Å². The van der Waals surface area contributed by atoms with Gasteiger partial charge in [0.2, 0.25) is 0 Å². The van der Waals surface area contributed by atoms with E-state index < -0.39 is 24.5 Å². The SMILES string of the molecule is CCOC(=O)/C=C/c1cc(=O)n(CC2OCCO2)c2cc(C)ccc12.Cc1ccc2c(/C=C/C(=O)O)cc(=O)n(CC3OCCO3)c2c1. The molecular formula is C36H38N2O10. The fraction of sp³-hybridized carbons (Fsp3) is 0.333. The number of benzene rings is 2. The molecule has 12 nitrogen and oxygen atoms in total. The normalized spacial score (nSPS) is 15.5. The first-order chi connectivity index (χ1) is 23.1. The highest BCUT2D eigenvalue weighted by Crippen LogP contribution is 2.23. The fourth-order valence-electron chi connectivity index (χ4n) is 5.52. The molecule has 2 fully saturated rings. The number of carbonyl (C=O) groups excluding carboxylic acids is 1. The van der Waals surface area contributed by atoms with Crippen LogP contribution in [0.15, 0.2) is 70.3 Å². The molecule has 0 radical (unpaired) electrons. The van der Waals surface area contributed by atoms with Crippen LogP contribution in [0.5, 0.6) is 0 Å². The van der Waals surface area contributed by atoms with Crippen LogP contribution in [0, 0.1) is 13.8 Å². The van der Waals surface area contributed by atoms with E-state index >= 15 is 0 Å². The number of ether oxygens (including phenoxy) is 5. The summed E-state index contributed by atoms with van der Waals surface area (Å²) in [5.41, 5.74) is 4.46. The molecule has 2 saturated heterocycles. The topological polar surface area (TPSA) is 145 Å². The molecule has 12 heteroatoms. The Kier molecular flexibility index (Phi) is 11.3. The minimum absolute atomic E-state index is 0.166. The summed E-state index contributed by atoms with van der Waals surface area (Å²) in [4.78, 5) is 47.4. The minimum atomic E-state index is -1.05. The van der Waals surface area contributed by atoms with Crippen molar-refractivity contribution in [1.29, 1.82) is 0 Å². The summed E-state index contributed by atoms with van der Waals surface area (Å²) in [5, 5.41) is 10.5. The third-order valence-corrected chi connectivity index (χ3v) is 7.74. The molecule has 4 aromatic rings. The van der Waals surface area contributed by atoms with E-state index in [2.05, 4.69) is 0 Å². The number of hydrogen-bond donors (Lipinski definition) is 1. The number of carbonyl (C=O) groups is 2. The highest BCUT2D eigenvalue weighted by molar-refractivity contribution is 5.94. The Hall–Kier alpha value is -4.88. The van der Waals surface area contributed by atoms with Crippen LogP contribution in [-0.4, -0.2) is 71.8 Å². The summed E-state index contributed by atoms with van der Waals surface area (Å²) in [6, 6.07) is 14.5. The van der Waals surface area contributed by atoms with E-state index in [0.717, 1.165) is 39.0 Å². The van der Waals surface area contributed by atoms with Gasteiger partial charge in [0.1, 0.15) is 0 Å². The van der Waals surface area contributed by atoms with E-state index in [1.807, 2.05) is 50.2 Å². The van der Waals surface area contributed by atoms with Crippen molar-refractivity contribution in [3.8, 4) is 0 Å². The Bertz CT molecular complexity index is 1980. The van der Waals surface area contributed by atoms with E-state index in [1.54, 1.807) is 22.1 Å². The maximum Gasteiger partial charge on any atom is 0.330 e. The van der Waals surface area contributed by atoms with Gasteiger partial charge in [0.15, 0.2) is 12.6 Å². The van der Waals surface area contributed by atoms with E-state index in [-0.39, 0.29) is 11.1 Å². The molecule has 0 atom stereocenters. The quantitative estimate of drug-likeness (QED) is 0.207. The molecule has 2 aromatic carbocycles. The summed E-state index contributed by atoms with van der Waals surface area (Å²) in [6.45, 7) is 8.74. The van der Waals surface area contributed by atoms with Gasteiger partial charge >= 0.3 is 11.9 Å². The first kappa shape index (κ1) is 34.5. The van der Waals surface area contributed by atoms with Gasteiger partial charge in [-0.15, -0.1) is 0 Å². The van der Waals surface area contributed by atoms with Gasteiger partial charge in [-0.1, -0.05) is 24.3 Å². The van der Waals surface area contributed by atoms with Gasteiger partial charge in [0.25, 0.3) is 11.1 Å². The van der Waals surface area contributed by atoms with Crippen molar-refractivity contribution in [3.63, 3.8) is 0 Å². The van der Waals surface area contributed by atoms with Gasteiger partial charge in [0, 0.05) is 35.1 Å². The van der Waals surface area contributed by atoms with Gasteiger partial charge in [-0.2, -0.15) is 0 Å². The first-order valence-electron chi connectivity index (χ1n) is 15.6. The fourth-order valence-corrected chi connectivity index (χ4v) is 5.52. The van der Waals surface area contributed by atoms with Gasteiger partial charge in [0.05, 0.1) is 57.2 Å². The molecule has 4 heterocycles. The predicted octanol–water partition coefficient (Wildman–Crippen LogP) is 4.04. The van der Waals surface area contributed by atoms with E-state index in [0.29, 0.717) is 57.3 Å². The molecule has 0 amide bonds. The maximum absolute atomic E-state index is 12.6. The third kappa shape index (κ3) is 8.52. The number of aryl methyl sites for hydroxylation is 2. The Morgan fingerprint density at radius 2 is 1.19 bits per heavy atom. The number of aromatic nitrogens is 2. The van der Waals surface area contributed by atoms with Crippen molar-refractivity contribution < 1.29 is 38.4 Å². The lowest BCUT2D eigenvalue weighted by atomic mass is 10.1. The zero-order chi connectivity index (χ0) is 34.2. The van der Waals surface area contributed by atoms with Crippen LogP contribution in [0.3, 0.4) is 0 Å². The van der Waals surface area contributed by atoms with Crippen molar-refractivity contribution >= 4 is 45.9 Å². The molecule has 252 valence electrons. The van der Waals surface area contributed by atoms with Crippen molar-refractivity contribution in [1.82, 2.24) is 9.13 Å². The molecule has 2 aliphatic heterocycles. The monoisotopic (exact) mass is 658 g/mol. The highest BCUT2D eigenvalue weighted by atomic mass is 16.7. The lowest BCUT2D eigenvalue weighted by Gasteiger charge is -2.16. The second-order valence-electron chi connectivity index (χ2n) is 11.2. The Labute approximate surface area is 276 Å². The van der Waals surface area contributed by atoms with Crippen molar-refractivity contribution in [3.05, 3.63) is 104 Å². The molecule has 0 aliphatic carbocycles. The zero-order valence-corrected chi connectivity index (χ0v) is 27.0. The summed E-state index contributed by atoms with van der Waals surface area (Å²) in [7, 11) is 0. The van der Waals surface area contributed by atoms with Crippen LogP contribution >= 0.6 is 0 Å². The summed E-state index contributed by atoms with van der Waals surface area (Å²) in [5.74, 6) is -1.48. The summed E-state index contributed by atoms with van der Waals surface area (Å²) < 4.78 is 29.9. The molecule has 0 unspecified atom stereocenters. The van der Waals surface area contributed by atoms with Gasteiger partial charge in [-0.25, -0.2) is 9.59 Å². The first-order valence-corrected chi connectivity index (χ1v) is 15.6. The Balaban J connectivity index is 0.000000188. The van der Waals surface area contributed by atoms with Gasteiger partial charge < -0.3 is 37.9 Å². The predicted molar refractivity (Wildman–Crippen MR) is 180 cm³/mol. The summed E-state index contributed by atoms with van der Waals surface area (Å²) >= 11 is 0. The minimum Gasteiger partial charge on any atom is -0.478 e. The largest absolute Gasteiger partial charge is 0.478 e. The van der Waals surface area contributed by atoms with Crippen LogP contribution in [0.25, 0.3) is 34.0 Å². The van der Waals surface area contributed by atoms with Crippen LogP contribution in [0.1, 0.15) is 29.2 Å². The molecule has 0 bridgehead atoms. The number of hydrogen-bond acceptors (Lipinski definition) is 9. The average molecular weight is 659 g/mol. The smallest absolute Gasteiger partial charge is 0.330 e. The van der Waals surface area contributed by atoms with Crippen molar-refractivity contribution in [2.75, 3.05) is 33.0 Å². The maximum atomic E-state index is 12.6. The lowest BCUT2D eigenvalue weighted by Crippen LogP contribution is -2.27. The van der Waals surface area contributed by atoms with E-state index in [4.69, 9.17) is 28.8 Å². The molecule has 0 spiro atoms. The number of fused-ring (bicyclic) bond motifs is 2. The average Bonchev–Trinajstić information content (AvgIpc) is 3.77. The zero-order valence-electron chi connectivity index (χ0n) is 27.0. The molecule has 6 rings (SSSR count). The number of aliphatic carboxylic acids is 1. The van der Waals surface area contributed by atoms with Crippen molar-refractivity contribution in [2.24, 2.45) is 0 Å². The molecule has 2 aromatic heterocycles. The Morgan fingerprint density at radius 3 is 1.60 bits per heavy atom. The summed E-state index contributed by atoms with van der Waals surface area (Å²) in [6.07, 6.45) is 4.57. The number of esters is 1. The lowest BCUT2D eigenvalue weighted by molar-refractivity contribution is -0.137.